The number of H-pyrrole nitrogens is 1. The molecule has 0 spiro atoms. The molecular weight excluding hydrogens is 533 g/mol. The molecule has 42 heavy (non-hydrogen) atoms. The molecule has 1 N–H and O–H groups in total. The van der Waals surface area contributed by atoms with E-state index in [0.29, 0.717) is 47.8 Å². The molecule has 4 aromatic rings. The normalized spacial score (nSPS) is 17.4. The van der Waals surface area contributed by atoms with E-state index in [-0.39, 0.29) is 18.0 Å². The minimum absolute atomic E-state index is 0.161. The van der Waals surface area contributed by atoms with Gasteiger partial charge in [-0.05, 0) is 76.3 Å². The number of amides is 1. The highest BCUT2D eigenvalue weighted by atomic mass is 19.1. The molecular formula is C32H40FN7O2. The summed E-state index contributed by atoms with van der Waals surface area (Å²) < 4.78 is 23.1. The van der Waals surface area contributed by atoms with Gasteiger partial charge in [0.05, 0.1) is 11.7 Å². The molecule has 1 amide bonds. The smallest absolute Gasteiger partial charge is 0.410 e. The maximum Gasteiger partial charge on any atom is 0.410 e. The molecule has 0 bridgehead atoms. The third-order valence-corrected chi connectivity index (χ3v) is 8.44. The van der Waals surface area contributed by atoms with E-state index in [1.54, 1.807) is 17.2 Å². The highest BCUT2D eigenvalue weighted by Gasteiger charge is 2.28. The zero-order valence-corrected chi connectivity index (χ0v) is 24.9. The summed E-state index contributed by atoms with van der Waals surface area (Å²) in [7, 11) is 0. The second-order valence-electron chi connectivity index (χ2n) is 12.7. The summed E-state index contributed by atoms with van der Waals surface area (Å²) in [5.41, 5.74) is 3.80. The van der Waals surface area contributed by atoms with Crippen molar-refractivity contribution in [3.63, 3.8) is 0 Å². The van der Waals surface area contributed by atoms with Crippen LogP contribution in [0.3, 0.4) is 0 Å². The number of aromatic nitrogens is 5. The number of halogens is 1. The van der Waals surface area contributed by atoms with Gasteiger partial charge in [-0.2, -0.15) is 5.10 Å². The van der Waals surface area contributed by atoms with Crippen LogP contribution in [0, 0.1) is 11.7 Å². The van der Waals surface area contributed by atoms with Crippen molar-refractivity contribution in [2.24, 2.45) is 5.92 Å². The first-order valence-electron chi connectivity index (χ1n) is 15.0. The predicted molar refractivity (Wildman–Crippen MR) is 159 cm³/mol. The molecule has 1 atom stereocenters. The number of hydrogen-bond donors (Lipinski definition) is 1. The standard InChI is InChI=1S/C32H40FN7O2/c1-21(38-12-14-39(15-13-38)31(41)42-32(2,3)4)23-10-11-34-25(16-23)17-28-36-27-9-8-26(29(33)30(27)37-28)24-18-35-40(20-24)19-22-6-5-7-22/h8-11,16,18,20-22H,5-7,12-15,17,19H2,1-4H3,(H,36,37). The second-order valence-corrected chi connectivity index (χ2v) is 12.7. The Kier molecular flexibility index (Phi) is 7.74. The summed E-state index contributed by atoms with van der Waals surface area (Å²) >= 11 is 0. The van der Waals surface area contributed by atoms with E-state index < -0.39 is 5.60 Å². The van der Waals surface area contributed by atoms with E-state index in [1.165, 1.54) is 19.3 Å². The Balaban J connectivity index is 1.11. The van der Waals surface area contributed by atoms with Gasteiger partial charge in [0.25, 0.3) is 0 Å². The molecule has 1 aliphatic heterocycles. The Bertz CT molecular complexity index is 1560. The van der Waals surface area contributed by atoms with Crippen LogP contribution in [-0.2, 0) is 17.7 Å². The molecule has 1 unspecified atom stereocenters. The second kappa shape index (κ2) is 11.5. The third kappa shape index (κ3) is 6.18. The monoisotopic (exact) mass is 573 g/mol. The van der Waals surface area contributed by atoms with E-state index in [1.807, 2.05) is 50.0 Å². The van der Waals surface area contributed by atoms with Gasteiger partial charge in [0.1, 0.15) is 16.9 Å². The van der Waals surface area contributed by atoms with Crippen molar-refractivity contribution in [1.29, 1.82) is 0 Å². The van der Waals surface area contributed by atoms with Crippen LogP contribution in [0.1, 0.15) is 70.1 Å². The lowest BCUT2D eigenvalue weighted by molar-refractivity contribution is 0.0110. The molecule has 6 rings (SSSR count). The van der Waals surface area contributed by atoms with Gasteiger partial charge in [0.15, 0.2) is 5.82 Å². The zero-order chi connectivity index (χ0) is 29.4. The van der Waals surface area contributed by atoms with Gasteiger partial charge >= 0.3 is 6.09 Å². The highest BCUT2D eigenvalue weighted by Crippen LogP contribution is 2.31. The summed E-state index contributed by atoms with van der Waals surface area (Å²) in [6.45, 7) is 11.5. The number of carbonyl (C=O) groups is 1. The van der Waals surface area contributed by atoms with Crippen molar-refractivity contribution in [2.75, 3.05) is 26.2 Å². The number of hydrogen-bond acceptors (Lipinski definition) is 6. The predicted octanol–water partition coefficient (Wildman–Crippen LogP) is 5.97. The van der Waals surface area contributed by atoms with E-state index in [9.17, 15) is 4.79 Å². The Morgan fingerprint density at radius 3 is 2.67 bits per heavy atom. The van der Waals surface area contributed by atoms with Crippen LogP contribution in [0.5, 0.6) is 0 Å². The molecule has 10 heteroatoms. The van der Waals surface area contributed by atoms with Gasteiger partial charge in [0, 0.05) is 74.4 Å². The van der Waals surface area contributed by atoms with Crippen LogP contribution in [-0.4, -0.2) is 72.4 Å². The van der Waals surface area contributed by atoms with Crippen molar-refractivity contribution in [2.45, 2.75) is 71.6 Å². The first kappa shape index (κ1) is 28.3. The fraction of sp³-hybridized carbons (Fsp3) is 0.500. The molecule has 3 aromatic heterocycles. The minimum atomic E-state index is -0.498. The number of nitrogens with zero attached hydrogens (tertiary/aromatic N) is 6. The molecule has 1 saturated carbocycles. The van der Waals surface area contributed by atoms with E-state index in [2.05, 4.69) is 37.9 Å². The van der Waals surface area contributed by atoms with Gasteiger partial charge < -0.3 is 14.6 Å². The van der Waals surface area contributed by atoms with Crippen LogP contribution in [0.25, 0.3) is 22.2 Å². The lowest BCUT2D eigenvalue weighted by Crippen LogP contribution is -2.50. The number of imidazole rings is 1. The number of rotatable bonds is 7. The van der Waals surface area contributed by atoms with Crippen molar-refractivity contribution in [3.05, 3.63) is 65.8 Å². The van der Waals surface area contributed by atoms with E-state index in [4.69, 9.17) is 4.74 Å². The SMILES string of the molecule is CC(c1ccnc(Cc2nc3c(F)c(-c4cnn(CC5CCC5)c4)ccc3[nH]2)c1)N1CCN(C(=O)OC(C)(C)C)CC1. The summed E-state index contributed by atoms with van der Waals surface area (Å²) in [5, 5.41) is 4.46. The maximum atomic E-state index is 15.6. The van der Waals surface area contributed by atoms with Crippen molar-refractivity contribution in [1.82, 2.24) is 34.5 Å². The van der Waals surface area contributed by atoms with Gasteiger partial charge in [-0.25, -0.2) is 14.2 Å². The summed E-state index contributed by atoms with van der Waals surface area (Å²) in [6.07, 6.45) is 9.49. The Morgan fingerprint density at radius 1 is 1.17 bits per heavy atom. The zero-order valence-electron chi connectivity index (χ0n) is 24.9. The van der Waals surface area contributed by atoms with E-state index in [0.717, 1.165) is 36.5 Å². The van der Waals surface area contributed by atoms with Gasteiger partial charge in [0.2, 0.25) is 0 Å². The average molecular weight is 574 g/mol. The van der Waals surface area contributed by atoms with Gasteiger partial charge in [-0.3, -0.25) is 14.6 Å². The van der Waals surface area contributed by atoms with Crippen molar-refractivity contribution >= 4 is 17.1 Å². The van der Waals surface area contributed by atoms with Gasteiger partial charge in [-0.15, -0.1) is 0 Å². The number of benzene rings is 1. The maximum absolute atomic E-state index is 15.6. The molecule has 1 saturated heterocycles. The van der Waals surface area contributed by atoms with Crippen LogP contribution >= 0.6 is 0 Å². The first-order chi connectivity index (χ1) is 20.1. The van der Waals surface area contributed by atoms with Crippen LogP contribution in [0.15, 0.2) is 42.9 Å². The Hall–Kier alpha value is -3.79. The van der Waals surface area contributed by atoms with Crippen LogP contribution in [0.4, 0.5) is 9.18 Å². The molecule has 1 aliphatic carbocycles. The number of aromatic amines is 1. The molecule has 0 radical (unpaired) electrons. The molecule has 2 aliphatic rings. The lowest BCUT2D eigenvalue weighted by atomic mass is 9.85. The number of ether oxygens (including phenoxy) is 1. The molecule has 1 aromatic carbocycles. The fourth-order valence-corrected chi connectivity index (χ4v) is 5.80. The molecule has 222 valence electrons. The van der Waals surface area contributed by atoms with Crippen molar-refractivity contribution in [3.8, 4) is 11.1 Å². The molecule has 2 fully saturated rings. The Morgan fingerprint density at radius 2 is 1.95 bits per heavy atom. The van der Waals surface area contributed by atoms with Gasteiger partial charge in [-0.1, -0.05) is 6.42 Å². The van der Waals surface area contributed by atoms with Crippen LogP contribution < -0.4 is 0 Å². The summed E-state index contributed by atoms with van der Waals surface area (Å²) in [5.74, 6) is 1.02. The van der Waals surface area contributed by atoms with E-state index >= 15 is 4.39 Å². The Labute approximate surface area is 246 Å². The van der Waals surface area contributed by atoms with Crippen LogP contribution in [0.2, 0.25) is 0 Å². The quantitative estimate of drug-likeness (QED) is 0.293. The first-order valence-corrected chi connectivity index (χ1v) is 15.0. The average Bonchev–Trinajstić information content (AvgIpc) is 3.57. The third-order valence-electron chi connectivity index (χ3n) is 8.44. The number of fused-ring (bicyclic) bond motifs is 1. The molecule has 4 heterocycles. The minimum Gasteiger partial charge on any atom is -0.444 e. The van der Waals surface area contributed by atoms with Crippen molar-refractivity contribution < 1.29 is 13.9 Å². The summed E-state index contributed by atoms with van der Waals surface area (Å²) in [4.78, 5) is 29.1. The lowest BCUT2D eigenvalue weighted by Gasteiger charge is -2.38. The number of nitrogens with one attached hydrogen (secondary N) is 1. The summed E-state index contributed by atoms with van der Waals surface area (Å²) in [6, 6.07) is 7.97. The fourth-order valence-electron chi connectivity index (χ4n) is 5.80. The highest BCUT2D eigenvalue weighted by molar-refractivity contribution is 5.82. The number of carbonyl (C=O) groups excluding carboxylic acids is 1. The largest absolute Gasteiger partial charge is 0.444 e. The number of piperazine rings is 1. The molecule has 9 nitrogen and oxygen atoms in total. The topological polar surface area (TPSA) is 92.2 Å². The number of pyridine rings is 1.